The van der Waals surface area contributed by atoms with Crippen molar-refractivity contribution in [2.24, 2.45) is 0 Å². The minimum absolute atomic E-state index is 0.140. The van der Waals surface area contributed by atoms with Crippen LogP contribution in [0.2, 0.25) is 0 Å². The van der Waals surface area contributed by atoms with Crippen molar-refractivity contribution in [3.63, 3.8) is 0 Å². The first-order chi connectivity index (χ1) is 9.63. The summed E-state index contributed by atoms with van der Waals surface area (Å²) in [5.74, 6) is -0.140. The van der Waals surface area contributed by atoms with Crippen LogP contribution in [0, 0.1) is 6.92 Å². The van der Waals surface area contributed by atoms with Crippen LogP contribution in [0.3, 0.4) is 0 Å². The molecule has 0 bridgehead atoms. The zero-order chi connectivity index (χ0) is 14.1. The Morgan fingerprint density at radius 2 is 2.30 bits per heavy atom. The van der Waals surface area contributed by atoms with Gasteiger partial charge in [0.15, 0.2) is 0 Å². The second kappa shape index (κ2) is 5.25. The van der Waals surface area contributed by atoms with Crippen molar-refractivity contribution < 1.29 is 4.79 Å². The van der Waals surface area contributed by atoms with Gasteiger partial charge in [0.2, 0.25) is 0 Å². The molecular formula is C15H17N3OS. The molecule has 0 saturated heterocycles. The van der Waals surface area contributed by atoms with E-state index in [4.69, 9.17) is 0 Å². The molecule has 0 atom stereocenters. The molecule has 0 spiro atoms. The highest BCUT2D eigenvalue weighted by atomic mass is 32.1. The van der Waals surface area contributed by atoms with E-state index in [-0.39, 0.29) is 5.91 Å². The average Bonchev–Trinajstić information content (AvgIpc) is 2.86. The largest absolute Gasteiger partial charge is 0.374 e. The van der Waals surface area contributed by atoms with Gasteiger partial charge in [-0.25, -0.2) is 4.98 Å². The monoisotopic (exact) mass is 287 g/mol. The summed E-state index contributed by atoms with van der Waals surface area (Å²) in [6.45, 7) is 2.99. The number of carbonyl (C=O) groups excluding carboxylic acids is 1. The van der Waals surface area contributed by atoms with E-state index in [9.17, 15) is 4.79 Å². The van der Waals surface area contributed by atoms with E-state index >= 15 is 0 Å². The molecule has 2 heterocycles. The van der Waals surface area contributed by atoms with Crippen LogP contribution in [0.5, 0.6) is 0 Å². The van der Waals surface area contributed by atoms with Crippen molar-refractivity contribution in [1.82, 2.24) is 4.98 Å². The molecule has 1 aliphatic heterocycles. The fourth-order valence-corrected chi connectivity index (χ4v) is 3.12. The third kappa shape index (κ3) is 2.54. The molecule has 3 rings (SSSR count). The quantitative estimate of drug-likeness (QED) is 0.923. The Morgan fingerprint density at radius 1 is 1.45 bits per heavy atom. The molecule has 1 aromatic heterocycles. The van der Waals surface area contributed by atoms with Crippen LogP contribution in [-0.4, -0.2) is 24.5 Å². The molecule has 1 N–H and O–H groups in total. The Labute approximate surface area is 122 Å². The summed E-state index contributed by atoms with van der Waals surface area (Å²) >= 11 is 1.49. The Morgan fingerprint density at radius 3 is 3.05 bits per heavy atom. The van der Waals surface area contributed by atoms with E-state index < -0.39 is 0 Å². The van der Waals surface area contributed by atoms with Crippen LogP contribution >= 0.6 is 11.3 Å². The molecule has 0 fully saturated rings. The molecule has 2 aromatic rings. The molecule has 1 amide bonds. The minimum Gasteiger partial charge on any atom is -0.374 e. The molecule has 104 valence electrons. The van der Waals surface area contributed by atoms with Gasteiger partial charge in [-0.3, -0.25) is 4.79 Å². The van der Waals surface area contributed by atoms with E-state index in [0.717, 1.165) is 30.1 Å². The molecule has 20 heavy (non-hydrogen) atoms. The lowest BCUT2D eigenvalue weighted by atomic mass is 10.0. The van der Waals surface area contributed by atoms with Gasteiger partial charge in [0, 0.05) is 30.3 Å². The number of nitrogens with zero attached hydrogens (tertiary/aromatic N) is 2. The van der Waals surface area contributed by atoms with E-state index in [2.05, 4.69) is 34.4 Å². The summed E-state index contributed by atoms with van der Waals surface area (Å²) in [6, 6.07) is 6.11. The van der Waals surface area contributed by atoms with Crippen molar-refractivity contribution in [3.8, 4) is 0 Å². The number of aromatic nitrogens is 1. The van der Waals surface area contributed by atoms with Gasteiger partial charge in [0.05, 0.1) is 5.01 Å². The molecular weight excluding hydrogens is 270 g/mol. The summed E-state index contributed by atoms with van der Waals surface area (Å²) < 4.78 is 0. The minimum atomic E-state index is -0.140. The van der Waals surface area contributed by atoms with Crippen LogP contribution in [0.15, 0.2) is 23.6 Å². The highest BCUT2D eigenvalue weighted by Gasteiger charge is 2.15. The summed E-state index contributed by atoms with van der Waals surface area (Å²) in [7, 11) is 2.11. The van der Waals surface area contributed by atoms with Crippen LogP contribution in [0.1, 0.15) is 27.5 Å². The van der Waals surface area contributed by atoms with Crippen molar-refractivity contribution >= 4 is 28.6 Å². The first kappa shape index (κ1) is 13.1. The number of carbonyl (C=O) groups is 1. The van der Waals surface area contributed by atoms with Gasteiger partial charge in [-0.1, -0.05) is 0 Å². The van der Waals surface area contributed by atoms with Crippen molar-refractivity contribution in [1.29, 1.82) is 0 Å². The maximum absolute atomic E-state index is 12.1. The Balaban J connectivity index is 1.80. The number of benzene rings is 1. The number of hydrogen-bond donors (Lipinski definition) is 1. The van der Waals surface area contributed by atoms with Crippen LogP contribution in [0.25, 0.3) is 0 Å². The predicted molar refractivity (Wildman–Crippen MR) is 82.8 cm³/mol. The average molecular weight is 287 g/mol. The van der Waals surface area contributed by atoms with E-state index in [1.54, 1.807) is 5.38 Å². The van der Waals surface area contributed by atoms with E-state index in [1.807, 2.05) is 13.0 Å². The Kier molecular flexibility index (Phi) is 3.44. The highest BCUT2D eigenvalue weighted by Crippen LogP contribution is 2.28. The van der Waals surface area contributed by atoms with Gasteiger partial charge in [-0.05, 0) is 43.5 Å². The first-order valence-electron chi connectivity index (χ1n) is 6.71. The zero-order valence-electron chi connectivity index (χ0n) is 11.6. The summed E-state index contributed by atoms with van der Waals surface area (Å²) in [5, 5.41) is 5.62. The second-order valence-corrected chi connectivity index (χ2v) is 6.14. The first-order valence-corrected chi connectivity index (χ1v) is 7.59. The standard InChI is InChI=1S/C15H17N3OS/c1-10-16-13(9-20-10)15(19)17-12-5-6-14-11(8-12)4-3-7-18(14)2/h5-6,8-9H,3-4,7H2,1-2H3,(H,17,19). The molecule has 0 saturated carbocycles. The third-order valence-electron chi connectivity index (χ3n) is 3.54. The van der Waals surface area contributed by atoms with Crippen LogP contribution < -0.4 is 10.2 Å². The third-order valence-corrected chi connectivity index (χ3v) is 4.31. The van der Waals surface area contributed by atoms with Crippen LogP contribution in [-0.2, 0) is 6.42 Å². The number of fused-ring (bicyclic) bond motifs is 1. The van der Waals surface area contributed by atoms with Gasteiger partial charge in [0.1, 0.15) is 5.69 Å². The number of rotatable bonds is 2. The molecule has 4 nitrogen and oxygen atoms in total. The summed E-state index contributed by atoms with van der Waals surface area (Å²) in [4.78, 5) is 18.5. The lowest BCUT2D eigenvalue weighted by Gasteiger charge is -2.27. The number of thiazole rings is 1. The van der Waals surface area contributed by atoms with Gasteiger partial charge >= 0.3 is 0 Å². The van der Waals surface area contributed by atoms with Gasteiger partial charge < -0.3 is 10.2 Å². The molecule has 0 radical (unpaired) electrons. The summed E-state index contributed by atoms with van der Waals surface area (Å²) in [5.41, 5.74) is 3.89. The van der Waals surface area contributed by atoms with Crippen molar-refractivity contribution in [2.75, 3.05) is 23.8 Å². The van der Waals surface area contributed by atoms with E-state index in [0.29, 0.717) is 5.69 Å². The normalized spacial score (nSPS) is 14.0. The number of hydrogen-bond acceptors (Lipinski definition) is 4. The number of aryl methyl sites for hydroxylation is 2. The Hall–Kier alpha value is -1.88. The molecule has 1 aromatic carbocycles. The van der Waals surface area contributed by atoms with Crippen molar-refractivity contribution in [2.45, 2.75) is 19.8 Å². The molecule has 5 heteroatoms. The van der Waals surface area contributed by atoms with Crippen molar-refractivity contribution in [3.05, 3.63) is 39.8 Å². The van der Waals surface area contributed by atoms with Gasteiger partial charge in [0.25, 0.3) is 5.91 Å². The smallest absolute Gasteiger partial charge is 0.275 e. The molecule has 0 unspecified atom stereocenters. The van der Waals surface area contributed by atoms with Crippen LogP contribution in [0.4, 0.5) is 11.4 Å². The summed E-state index contributed by atoms with van der Waals surface area (Å²) in [6.07, 6.45) is 2.23. The Bertz CT molecular complexity index is 650. The SMILES string of the molecule is Cc1nc(C(=O)Nc2ccc3c(c2)CCCN3C)cs1. The number of amides is 1. The number of anilines is 2. The van der Waals surface area contributed by atoms with E-state index in [1.165, 1.54) is 22.6 Å². The highest BCUT2D eigenvalue weighted by molar-refractivity contribution is 7.09. The topological polar surface area (TPSA) is 45.2 Å². The lowest BCUT2D eigenvalue weighted by molar-refractivity contribution is 0.102. The van der Waals surface area contributed by atoms with Gasteiger partial charge in [-0.2, -0.15) is 0 Å². The second-order valence-electron chi connectivity index (χ2n) is 5.07. The maximum Gasteiger partial charge on any atom is 0.275 e. The predicted octanol–water partition coefficient (Wildman–Crippen LogP) is 3.09. The molecule has 0 aliphatic carbocycles. The molecule has 1 aliphatic rings. The fraction of sp³-hybridized carbons (Fsp3) is 0.333. The number of nitrogens with one attached hydrogen (secondary N) is 1. The maximum atomic E-state index is 12.1. The zero-order valence-corrected chi connectivity index (χ0v) is 12.5. The van der Waals surface area contributed by atoms with Gasteiger partial charge in [-0.15, -0.1) is 11.3 Å². The lowest BCUT2D eigenvalue weighted by Crippen LogP contribution is -2.24. The fourth-order valence-electron chi connectivity index (χ4n) is 2.53.